The number of carbonyl (C=O) groups excluding carboxylic acids is 1. The molecule has 16 heavy (non-hydrogen) atoms. The predicted molar refractivity (Wildman–Crippen MR) is 69.7 cm³/mol. The van der Waals surface area contributed by atoms with Gasteiger partial charge in [0.25, 0.3) is 0 Å². The normalized spacial score (nSPS) is 26.8. The first-order chi connectivity index (χ1) is 7.07. The number of halogens is 1. The lowest BCUT2D eigenvalue weighted by Crippen LogP contribution is -2.45. The zero-order chi connectivity index (χ0) is 11.4. The number of nitrogens with zero attached hydrogens (tertiary/aromatic N) is 1. The Morgan fingerprint density at radius 3 is 2.50 bits per heavy atom. The number of rotatable bonds is 3. The molecule has 0 aromatic carbocycles. The fourth-order valence-electron chi connectivity index (χ4n) is 2.48. The highest BCUT2D eigenvalue weighted by atomic mass is 35.5. The molecule has 0 bridgehead atoms. The monoisotopic (exact) mass is 248 g/mol. The molecule has 2 N–H and O–H groups in total. The summed E-state index contributed by atoms with van der Waals surface area (Å²) >= 11 is 0. The van der Waals surface area contributed by atoms with E-state index in [-0.39, 0.29) is 24.2 Å². The first-order valence-corrected chi connectivity index (χ1v) is 6.04. The molecule has 0 aliphatic heterocycles. The van der Waals surface area contributed by atoms with E-state index < -0.39 is 0 Å². The summed E-state index contributed by atoms with van der Waals surface area (Å²) in [5, 5.41) is 0. The van der Waals surface area contributed by atoms with Gasteiger partial charge in [-0.2, -0.15) is 0 Å². The molecule has 1 rings (SSSR count). The molecule has 0 spiro atoms. The molecule has 96 valence electrons. The largest absolute Gasteiger partial charge is 0.342 e. The van der Waals surface area contributed by atoms with Crippen LogP contribution >= 0.6 is 12.4 Å². The Balaban J connectivity index is 0.00000225. The summed E-state index contributed by atoms with van der Waals surface area (Å²) < 4.78 is 0. The Morgan fingerprint density at radius 2 is 2.00 bits per heavy atom. The smallest absolute Gasteiger partial charge is 0.226 e. The molecule has 1 amide bonds. The second kappa shape index (κ2) is 7.13. The Hall–Kier alpha value is -0.280. The number of amides is 1. The molecule has 4 heteroatoms. The van der Waals surface area contributed by atoms with Gasteiger partial charge in [0.1, 0.15) is 0 Å². The minimum atomic E-state index is -0.0378. The van der Waals surface area contributed by atoms with E-state index in [0.29, 0.717) is 18.5 Å². The number of hydrogen-bond acceptors (Lipinski definition) is 2. The van der Waals surface area contributed by atoms with Crippen LogP contribution in [0.2, 0.25) is 0 Å². The SMILES string of the molecule is CC(CN)C(=O)N(C)C1CCCCC1C.Cl. The van der Waals surface area contributed by atoms with Crippen LogP contribution in [0.4, 0.5) is 0 Å². The number of hydrogen-bond donors (Lipinski definition) is 1. The van der Waals surface area contributed by atoms with Crippen molar-refractivity contribution in [2.45, 2.75) is 45.6 Å². The van der Waals surface area contributed by atoms with E-state index in [4.69, 9.17) is 5.73 Å². The van der Waals surface area contributed by atoms with Crippen LogP contribution in [0, 0.1) is 11.8 Å². The highest BCUT2D eigenvalue weighted by molar-refractivity contribution is 5.85. The van der Waals surface area contributed by atoms with Gasteiger partial charge in [0, 0.05) is 25.6 Å². The van der Waals surface area contributed by atoms with Gasteiger partial charge in [0.15, 0.2) is 0 Å². The van der Waals surface area contributed by atoms with Crippen LogP contribution in [0.15, 0.2) is 0 Å². The van der Waals surface area contributed by atoms with Crippen molar-refractivity contribution >= 4 is 18.3 Å². The molecule has 3 nitrogen and oxygen atoms in total. The quantitative estimate of drug-likeness (QED) is 0.831. The van der Waals surface area contributed by atoms with Crippen molar-refractivity contribution in [2.75, 3.05) is 13.6 Å². The molecule has 0 aromatic heterocycles. The first-order valence-electron chi connectivity index (χ1n) is 6.04. The fourth-order valence-corrected chi connectivity index (χ4v) is 2.48. The van der Waals surface area contributed by atoms with Crippen LogP contribution in [-0.2, 0) is 4.79 Å². The van der Waals surface area contributed by atoms with Crippen LogP contribution in [-0.4, -0.2) is 30.4 Å². The topological polar surface area (TPSA) is 46.3 Å². The van der Waals surface area contributed by atoms with Crippen LogP contribution < -0.4 is 5.73 Å². The lowest BCUT2D eigenvalue weighted by atomic mass is 9.84. The summed E-state index contributed by atoms with van der Waals surface area (Å²) in [6.45, 7) is 4.61. The third-order valence-electron chi connectivity index (χ3n) is 3.69. The van der Waals surface area contributed by atoms with Gasteiger partial charge in [-0.15, -0.1) is 12.4 Å². The van der Waals surface area contributed by atoms with Gasteiger partial charge in [0.2, 0.25) is 5.91 Å². The van der Waals surface area contributed by atoms with Crippen molar-refractivity contribution in [1.29, 1.82) is 0 Å². The predicted octanol–water partition coefficient (Wildman–Crippen LogP) is 2.04. The maximum Gasteiger partial charge on any atom is 0.226 e. The average molecular weight is 249 g/mol. The van der Waals surface area contributed by atoms with E-state index in [0.717, 1.165) is 6.42 Å². The lowest BCUT2D eigenvalue weighted by molar-refractivity contribution is -0.137. The highest BCUT2D eigenvalue weighted by Crippen LogP contribution is 2.27. The van der Waals surface area contributed by atoms with Gasteiger partial charge in [-0.3, -0.25) is 4.79 Å². The highest BCUT2D eigenvalue weighted by Gasteiger charge is 2.29. The molecule has 3 atom stereocenters. The second-order valence-electron chi connectivity index (χ2n) is 4.91. The van der Waals surface area contributed by atoms with E-state index in [1.54, 1.807) is 0 Å². The Labute approximate surface area is 105 Å². The Kier molecular flexibility index (Phi) is 7.00. The van der Waals surface area contributed by atoms with E-state index in [1.165, 1.54) is 19.3 Å². The van der Waals surface area contributed by atoms with Gasteiger partial charge in [-0.25, -0.2) is 0 Å². The molecule has 1 fully saturated rings. The maximum atomic E-state index is 12.0. The minimum Gasteiger partial charge on any atom is -0.342 e. The van der Waals surface area contributed by atoms with Gasteiger partial charge < -0.3 is 10.6 Å². The average Bonchev–Trinajstić information content (AvgIpc) is 2.26. The Bertz CT molecular complexity index is 223. The number of carbonyl (C=O) groups is 1. The molecule has 1 saturated carbocycles. The van der Waals surface area contributed by atoms with Crippen LogP contribution in [0.3, 0.4) is 0 Å². The van der Waals surface area contributed by atoms with Gasteiger partial charge >= 0.3 is 0 Å². The summed E-state index contributed by atoms with van der Waals surface area (Å²) in [5.74, 6) is 0.804. The van der Waals surface area contributed by atoms with Crippen LogP contribution in [0.1, 0.15) is 39.5 Å². The molecule has 3 unspecified atom stereocenters. The number of nitrogens with two attached hydrogens (primary N) is 1. The first kappa shape index (κ1) is 15.7. The van der Waals surface area contributed by atoms with Crippen molar-refractivity contribution < 1.29 is 4.79 Å². The van der Waals surface area contributed by atoms with E-state index in [2.05, 4.69) is 6.92 Å². The lowest BCUT2D eigenvalue weighted by Gasteiger charge is -2.37. The van der Waals surface area contributed by atoms with Gasteiger partial charge in [-0.05, 0) is 18.8 Å². The van der Waals surface area contributed by atoms with E-state index >= 15 is 0 Å². The van der Waals surface area contributed by atoms with Crippen molar-refractivity contribution in [3.8, 4) is 0 Å². The Morgan fingerprint density at radius 1 is 1.44 bits per heavy atom. The molecule has 0 radical (unpaired) electrons. The van der Waals surface area contributed by atoms with Crippen molar-refractivity contribution in [3.05, 3.63) is 0 Å². The third-order valence-corrected chi connectivity index (χ3v) is 3.69. The fraction of sp³-hybridized carbons (Fsp3) is 0.917. The standard InChI is InChI=1S/C12H24N2O.ClH/c1-9-6-4-5-7-11(9)14(3)12(15)10(2)8-13;/h9-11H,4-8,13H2,1-3H3;1H. The third kappa shape index (κ3) is 3.63. The van der Waals surface area contributed by atoms with Crippen LogP contribution in [0.25, 0.3) is 0 Å². The zero-order valence-electron chi connectivity index (χ0n) is 10.6. The van der Waals surface area contributed by atoms with Crippen molar-refractivity contribution in [2.24, 2.45) is 17.6 Å². The molecule has 0 aromatic rings. The molecular formula is C12H25ClN2O. The molecule has 1 aliphatic carbocycles. The summed E-state index contributed by atoms with van der Waals surface area (Å²) in [4.78, 5) is 13.9. The summed E-state index contributed by atoms with van der Waals surface area (Å²) in [7, 11) is 1.93. The van der Waals surface area contributed by atoms with Gasteiger partial charge in [-0.1, -0.05) is 26.7 Å². The molecule has 0 saturated heterocycles. The van der Waals surface area contributed by atoms with Crippen LogP contribution in [0.5, 0.6) is 0 Å². The summed E-state index contributed by atoms with van der Waals surface area (Å²) in [6, 6.07) is 0.431. The summed E-state index contributed by atoms with van der Waals surface area (Å²) in [5.41, 5.74) is 5.53. The molecular weight excluding hydrogens is 224 g/mol. The van der Waals surface area contributed by atoms with Gasteiger partial charge in [0.05, 0.1) is 0 Å². The van der Waals surface area contributed by atoms with Crippen molar-refractivity contribution in [3.63, 3.8) is 0 Å². The second-order valence-corrected chi connectivity index (χ2v) is 4.91. The minimum absolute atomic E-state index is 0. The maximum absolute atomic E-state index is 12.0. The van der Waals surface area contributed by atoms with Crippen molar-refractivity contribution in [1.82, 2.24) is 4.90 Å². The zero-order valence-corrected chi connectivity index (χ0v) is 11.4. The molecule has 1 aliphatic rings. The van der Waals surface area contributed by atoms with E-state index in [9.17, 15) is 4.79 Å². The molecule has 0 heterocycles. The summed E-state index contributed by atoms with van der Waals surface area (Å²) in [6.07, 6.45) is 4.97. The van der Waals surface area contributed by atoms with E-state index in [1.807, 2.05) is 18.9 Å².